The van der Waals surface area contributed by atoms with Gasteiger partial charge in [-0.05, 0) is 43.9 Å². The highest BCUT2D eigenvalue weighted by molar-refractivity contribution is 5.82. The van der Waals surface area contributed by atoms with Gasteiger partial charge in [-0.1, -0.05) is 31.4 Å². The van der Waals surface area contributed by atoms with E-state index < -0.39 is 6.04 Å². The van der Waals surface area contributed by atoms with Crippen LogP contribution >= 0.6 is 0 Å². The van der Waals surface area contributed by atoms with Crippen LogP contribution in [0.4, 0.5) is 0 Å². The zero-order chi connectivity index (χ0) is 15.2. The maximum Gasteiger partial charge on any atom is 0.240 e. The molecule has 1 atom stereocenters. The monoisotopic (exact) mass is 290 g/mol. The fourth-order valence-electron chi connectivity index (χ4n) is 3.17. The van der Waals surface area contributed by atoms with E-state index in [1.54, 1.807) is 12.1 Å². The lowest BCUT2D eigenvalue weighted by Crippen LogP contribution is -2.49. The van der Waals surface area contributed by atoms with Crippen LogP contribution in [0.25, 0.3) is 0 Å². The molecule has 1 fully saturated rings. The summed E-state index contributed by atoms with van der Waals surface area (Å²) >= 11 is 0. The molecule has 0 aliphatic heterocycles. The van der Waals surface area contributed by atoms with Gasteiger partial charge in [0, 0.05) is 12.6 Å². The Morgan fingerprint density at radius 1 is 1.29 bits per heavy atom. The van der Waals surface area contributed by atoms with Crippen molar-refractivity contribution < 1.29 is 9.90 Å². The number of benzene rings is 1. The number of phenolic OH excluding ortho intramolecular Hbond substituents is 1. The lowest BCUT2D eigenvalue weighted by Gasteiger charge is -2.35. The Bertz CT molecular complexity index is 452. The Kier molecular flexibility index (Phi) is 5.62. The molecule has 1 saturated carbocycles. The summed E-state index contributed by atoms with van der Waals surface area (Å²) in [7, 11) is 0. The maximum atomic E-state index is 12.6. The molecule has 0 spiro atoms. The SMILES string of the molecule is CCN(C(=O)[C@H](N)Cc1ccc(O)cc1)C1CCCCC1. The average Bonchev–Trinajstić information content (AvgIpc) is 2.51. The van der Waals surface area contributed by atoms with E-state index in [2.05, 4.69) is 0 Å². The highest BCUT2D eigenvalue weighted by atomic mass is 16.3. The molecular formula is C17H26N2O2. The zero-order valence-corrected chi connectivity index (χ0v) is 12.8. The summed E-state index contributed by atoms with van der Waals surface area (Å²) in [6.45, 7) is 2.76. The summed E-state index contributed by atoms with van der Waals surface area (Å²) in [6.07, 6.45) is 6.42. The van der Waals surface area contributed by atoms with Gasteiger partial charge in [-0.2, -0.15) is 0 Å². The number of carbonyl (C=O) groups is 1. The van der Waals surface area contributed by atoms with Crippen LogP contribution in [-0.4, -0.2) is 34.5 Å². The average molecular weight is 290 g/mol. The summed E-state index contributed by atoms with van der Waals surface area (Å²) in [5, 5.41) is 9.29. The third kappa shape index (κ3) is 4.21. The molecule has 1 aromatic rings. The van der Waals surface area contributed by atoms with Crippen LogP contribution in [0.5, 0.6) is 5.75 Å². The van der Waals surface area contributed by atoms with E-state index in [9.17, 15) is 9.90 Å². The van der Waals surface area contributed by atoms with Gasteiger partial charge >= 0.3 is 0 Å². The molecule has 4 nitrogen and oxygen atoms in total. The van der Waals surface area contributed by atoms with Gasteiger partial charge in [-0.15, -0.1) is 0 Å². The molecule has 0 radical (unpaired) electrons. The lowest BCUT2D eigenvalue weighted by molar-refractivity contribution is -0.135. The second kappa shape index (κ2) is 7.46. The lowest BCUT2D eigenvalue weighted by atomic mass is 9.93. The predicted octanol–water partition coefficient (Wildman–Crippen LogP) is 2.44. The van der Waals surface area contributed by atoms with Crippen molar-refractivity contribution in [2.45, 2.75) is 57.5 Å². The molecule has 3 N–H and O–H groups in total. The summed E-state index contributed by atoms with van der Waals surface area (Å²) < 4.78 is 0. The molecule has 0 unspecified atom stereocenters. The fourth-order valence-corrected chi connectivity index (χ4v) is 3.17. The van der Waals surface area contributed by atoms with Gasteiger partial charge in [0.05, 0.1) is 6.04 Å². The second-order valence-corrected chi connectivity index (χ2v) is 5.89. The molecule has 1 aliphatic carbocycles. The zero-order valence-electron chi connectivity index (χ0n) is 12.8. The predicted molar refractivity (Wildman–Crippen MR) is 84.0 cm³/mol. The summed E-state index contributed by atoms with van der Waals surface area (Å²) in [6, 6.07) is 6.76. The van der Waals surface area contributed by atoms with Gasteiger partial charge in [-0.25, -0.2) is 0 Å². The van der Waals surface area contributed by atoms with Crippen LogP contribution in [-0.2, 0) is 11.2 Å². The number of likely N-dealkylation sites (N-methyl/N-ethyl adjacent to an activating group) is 1. The van der Waals surface area contributed by atoms with Crippen LogP contribution in [0.2, 0.25) is 0 Å². The molecule has 4 heteroatoms. The van der Waals surface area contributed by atoms with Gasteiger partial charge in [0.1, 0.15) is 5.75 Å². The van der Waals surface area contributed by atoms with E-state index in [0.29, 0.717) is 12.5 Å². The minimum absolute atomic E-state index is 0.0532. The summed E-state index contributed by atoms with van der Waals surface area (Å²) in [5.41, 5.74) is 7.10. The normalized spacial score (nSPS) is 17.4. The Balaban J connectivity index is 1.97. The number of aromatic hydroxyl groups is 1. The highest BCUT2D eigenvalue weighted by Gasteiger charge is 2.27. The third-order valence-electron chi connectivity index (χ3n) is 4.35. The van der Waals surface area contributed by atoms with Gasteiger partial charge < -0.3 is 15.7 Å². The second-order valence-electron chi connectivity index (χ2n) is 5.89. The van der Waals surface area contributed by atoms with E-state index in [0.717, 1.165) is 24.9 Å². The van der Waals surface area contributed by atoms with Crippen molar-refractivity contribution >= 4 is 5.91 Å². The number of phenols is 1. The summed E-state index contributed by atoms with van der Waals surface area (Å²) in [4.78, 5) is 14.6. The van der Waals surface area contributed by atoms with Crippen molar-refractivity contribution in [2.24, 2.45) is 5.73 Å². The number of amides is 1. The van der Waals surface area contributed by atoms with Crippen LogP contribution in [0, 0.1) is 0 Å². The third-order valence-corrected chi connectivity index (χ3v) is 4.35. The molecule has 116 valence electrons. The van der Waals surface area contributed by atoms with Crippen molar-refractivity contribution in [3.05, 3.63) is 29.8 Å². The standard InChI is InChI=1S/C17H26N2O2/c1-2-19(14-6-4-3-5-7-14)17(21)16(18)12-13-8-10-15(20)11-9-13/h8-11,14,16,20H,2-7,12,18H2,1H3/t16-/m1/s1. The molecule has 21 heavy (non-hydrogen) atoms. The highest BCUT2D eigenvalue weighted by Crippen LogP contribution is 2.23. The van der Waals surface area contributed by atoms with Crippen LogP contribution in [0.3, 0.4) is 0 Å². The van der Waals surface area contributed by atoms with Crippen molar-refractivity contribution in [2.75, 3.05) is 6.54 Å². The minimum Gasteiger partial charge on any atom is -0.508 e. The van der Waals surface area contributed by atoms with Gasteiger partial charge in [0.2, 0.25) is 5.91 Å². The van der Waals surface area contributed by atoms with Crippen molar-refractivity contribution in [1.29, 1.82) is 0 Å². The smallest absolute Gasteiger partial charge is 0.240 e. The number of hydrogen-bond acceptors (Lipinski definition) is 3. The molecule has 1 aromatic carbocycles. The first kappa shape index (κ1) is 15.8. The molecule has 0 saturated heterocycles. The van der Waals surface area contributed by atoms with Crippen LogP contribution in [0.15, 0.2) is 24.3 Å². The van der Waals surface area contributed by atoms with Gasteiger partial charge in [0.15, 0.2) is 0 Å². The molecule has 2 rings (SSSR count). The molecule has 1 amide bonds. The van der Waals surface area contributed by atoms with Crippen LogP contribution in [0.1, 0.15) is 44.6 Å². The van der Waals surface area contributed by atoms with E-state index >= 15 is 0 Å². The van der Waals surface area contributed by atoms with Gasteiger partial charge in [0.25, 0.3) is 0 Å². The maximum absolute atomic E-state index is 12.6. The quantitative estimate of drug-likeness (QED) is 0.875. The van der Waals surface area contributed by atoms with Crippen molar-refractivity contribution in [3.63, 3.8) is 0 Å². The Morgan fingerprint density at radius 3 is 2.48 bits per heavy atom. The van der Waals surface area contributed by atoms with Crippen molar-refractivity contribution in [3.8, 4) is 5.75 Å². The molecule has 1 aliphatic rings. The van der Waals surface area contributed by atoms with Crippen molar-refractivity contribution in [1.82, 2.24) is 4.90 Å². The first-order valence-electron chi connectivity index (χ1n) is 7.95. The van der Waals surface area contributed by atoms with E-state index in [-0.39, 0.29) is 11.7 Å². The number of hydrogen-bond donors (Lipinski definition) is 2. The van der Waals surface area contributed by atoms with E-state index in [1.807, 2.05) is 24.0 Å². The minimum atomic E-state index is -0.503. The molecule has 0 aromatic heterocycles. The number of rotatable bonds is 5. The summed E-state index contributed by atoms with van der Waals surface area (Å²) in [5.74, 6) is 0.286. The fraction of sp³-hybridized carbons (Fsp3) is 0.588. The molecule has 0 bridgehead atoms. The molecular weight excluding hydrogens is 264 g/mol. The number of carbonyl (C=O) groups excluding carboxylic acids is 1. The van der Waals surface area contributed by atoms with Gasteiger partial charge in [-0.3, -0.25) is 4.79 Å². The first-order valence-corrected chi connectivity index (χ1v) is 7.95. The number of nitrogens with two attached hydrogens (primary N) is 1. The Morgan fingerprint density at radius 2 is 1.90 bits per heavy atom. The Labute approximate surface area is 126 Å². The number of nitrogens with zero attached hydrogens (tertiary/aromatic N) is 1. The largest absolute Gasteiger partial charge is 0.508 e. The first-order chi connectivity index (χ1) is 10.1. The van der Waals surface area contributed by atoms with Crippen LogP contribution < -0.4 is 5.73 Å². The topological polar surface area (TPSA) is 66.6 Å². The van der Waals surface area contributed by atoms with E-state index in [1.165, 1.54) is 19.3 Å². The van der Waals surface area contributed by atoms with E-state index in [4.69, 9.17) is 5.73 Å². The Hall–Kier alpha value is -1.55. The molecule has 0 heterocycles.